The molecule has 0 radical (unpaired) electrons. The summed E-state index contributed by atoms with van der Waals surface area (Å²) in [6, 6.07) is 6.61. The Balaban J connectivity index is 2.20. The number of aliphatic hydroxyl groups is 1. The van der Waals surface area contributed by atoms with Crippen LogP contribution in [0.1, 0.15) is 36.9 Å². The average molecular weight is 341 g/mol. The lowest BCUT2D eigenvalue weighted by atomic mass is 10.0. The molecule has 20 heavy (non-hydrogen) atoms. The molecule has 0 aliphatic heterocycles. The van der Waals surface area contributed by atoms with E-state index in [0.29, 0.717) is 16.5 Å². The molecule has 1 aromatic carbocycles. The molecule has 2 aromatic rings. The molecule has 0 saturated carbocycles. The normalized spacial score (nSPS) is 12.7. The van der Waals surface area contributed by atoms with Gasteiger partial charge < -0.3 is 5.11 Å². The van der Waals surface area contributed by atoms with Crippen molar-refractivity contribution in [2.24, 2.45) is 0 Å². The molecular formula is C15H18BrFN2O. The third-order valence-electron chi connectivity index (χ3n) is 3.31. The van der Waals surface area contributed by atoms with Crippen LogP contribution >= 0.6 is 15.9 Å². The first kappa shape index (κ1) is 15.2. The van der Waals surface area contributed by atoms with Gasteiger partial charge in [0.1, 0.15) is 5.82 Å². The van der Waals surface area contributed by atoms with Crippen LogP contribution in [0.25, 0.3) is 0 Å². The number of hydrogen-bond acceptors (Lipinski definition) is 2. The number of aromatic nitrogens is 2. The first-order valence-corrected chi connectivity index (χ1v) is 7.53. The Kier molecular flexibility index (Phi) is 4.94. The standard InChI is InChI=1S/C15H18BrFN2O/c1-3-11-8-12(19(4-2)18-11)9-15(20)10-5-6-14(17)13(16)7-10/h5-8,15,20H,3-4,9H2,1-2H3. The minimum absolute atomic E-state index is 0.326. The minimum Gasteiger partial charge on any atom is -0.388 e. The van der Waals surface area contributed by atoms with E-state index in [-0.39, 0.29) is 5.82 Å². The summed E-state index contributed by atoms with van der Waals surface area (Å²) < 4.78 is 15.5. The summed E-state index contributed by atoms with van der Waals surface area (Å²) in [6.45, 7) is 4.85. The van der Waals surface area contributed by atoms with Gasteiger partial charge in [0, 0.05) is 18.7 Å². The highest BCUT2D eigenvalue weighted by Gasteiger charge is 2.14. The molecule has 0 amide bonds. The topological polar surface area (TPSA) is 38.0 Å². The van der Waals surface area contributed by atoms with Crippen molar-refractivity contribution in [3.8, 4) is 0 Å². The van der Waals surface area contributed by atoms with Gasteiger partial charge in [0.15, 0.2) is 0 Å². The van der Waals surface area contributed by atoms with E-state index in [1.54, 1.807) is 12.1 Å². The van der Waals surface area contributed by atoms with Crippen LogP contribution in [0.15, 0.2) is 28.7 Å². The van der Waals surface area contributed by atoms with Crippen LogP contribution in [-0.4, -0.2) is 14.9 Å². The van der Waals surface area contributed by atoms with Crippen molar-refractivity contribution in [1.82, 2.24) is 9.78 Å². The second-order valence-electron chi connectivity index (χ2n) is 4.69. The van der Waals surface area contributed by atoms with Gasteiger partial charge in [-0.2, -0.15) is 5.10 Å². The molecule has 0 bridgehead atoms. The van der Waals surface area contributed by atoms with Gasteiger partial charge in [-0.25, -0.2) is 4.39 Å². The first-order valence-electron chi connectivity index (χ1n) is 6.73. The molecule has 0 aliphatic rings. The second-order valence-corrected chi connectivity index (χ2v) is 5.54. The molecular weight excluding hydrogens is 323 g/mol. The molecule has 1 atom stereocenters. The van der Waals surface area contributed by atoms with Crippen molar-refractivity contribution in [3.63, 3.8) is 0 Å². The quantitative estimate of drug-likeness (QED) is 0.902. The highest BCUT2D eigenvalue weighted by Crippen LogP contribution is 2.24. The van der Waals surface area contributed by atoms with Crippen LogP contribution in [0.3, 0.4) is 0 Å². The third kappa shape index (κ3) is 3.27. The van der Waals surface area contributed by atoms with E-state index in [2.05, 4.69) is 28.0 Å². The van der Waals surface area contributed by atoms with Crippen LogP contribution in [-0.2, 0) is 19.4 Å². The Morgan fingerprint density at radius 2 is 2.10 bits per heavy atom. The molecule has 0 aliphatic carbocycles. The lowest BCUT2D eigenvalue weighted by Crippen LogP contribution is -2.08. The maximum Gasteiger partial charge on any atom is 0.137 e. The molecule has 0 saturated heterocycles. The Morgan fingerprint density at radius 1 is 1.35 bits per heavy atom. The van der Waals surface area contributed by atoms with E-state index in [1.165, 1.54) is 6.07 Å². The molecule has 1 unspecified atom stereocenters. The van der Waals surface area contributed by atoms with Crippen LogP contribution in [0, 0.1) is 5.82 Å². The summed E-state index contributed by atoms with van der Waals surface area (Å²) in [5, 5.41) is 14.8. The van der Waals surface area contributed by atoms with Crippen LogP contribution in [0.4, 0.5) is 4.39 Å². The SMILES string of the molecule is CCc1cc(CC(O)c2ccc(F)c(Br)c2)n(CC)n1. The minimum atomic E-state index is -0.668. The molecule has 108 valence electrons. The second kappa shape index (κ2) is 6.50. The predicted molar refractivity (Wildman–Crippen MR) is 80.0 cm³/mol. The van der Waals surface area contributed by atoms with Gasteiger partial charge in [0.25, 0.3) is 0 Å². The van der Waals surface area contributed by atoms with E-state index in [9.17, 15) is 9.50 Å². The summed E-state index contributed by atoms with van der Waals surface area (Å²) in [6.07, 6.45) is 0.676. The fourth-order valence-electron chi connectivity index (χ4n) is 2.16. The van der Waals surface area contributed by atoms with Crippen molar-refractivity contribution in [2.75, 3.05) is 0 Å². The van der Waals surface area contributed by atoms with Gasteiger partial charge in [0.2, 0.25) is 0 Å². The Morgan fingerprint density at radius 3 is 2.70 bits per heavy atom. The van der Waals surface area contributed by atoms with E-state index in [1.807, 2.05) is 17.7 Å². The fraction of sp³-hybridized carbons (Fsp3) is 0.400. The summed E-state index contributed by atoms with van der Waals surface area (Å²) in [7, 11) is 0. The molecule has 2 rings (SSSR count). The van der Waals surface area contributed by atoms with E-state index >= 15 is 0 Å². The number of nitrogens with zero attached hydrogens (tertiary/aromatic N) is 2. The van der Waals surface area contributed by atoms with E-state index in [0.717, 1.165) is 24.4 Å². The summed E-state index contributed by atoms with van der Waals surface area (Å²) in [4.78, 5) is 0. The summed E-state index contributed by atoms with van der Waals surface area (Å²) >= 11 is 3.14. The Hall–Kier alpha value is -1.20. The molecule has 1 heterocycles. The van der Waals surface area contributed by atoms with E-state index < -0.39 is 6.10 Å². The van der Waals surface area contributed by atoms with Crippen molar-refractivity contribution < 1.29 is 9.50 Å². The number of aryl methyl sites for hydroxylation is 2. The summed E-state index contributed by atoms with van der Waals surface area (Å²) in [5.74, 6) is -0.326. The molecule has 1 aromatic heterocycles. The van der Waals surface area contributed by atoms with Crippen LogP contribution in [0.5, 0.6) is 0 Å². The van der Waals surface area contributed by atoms with Crippen LogP contribution < -0.4 is 0 Å². The van der Waals surface area contributed by atoms with Crippen molar-refractivity contribution in [3.05, 3.63) is 51.5 Å². The molecule has 3 nitrogen and oxygen atoms in total. The van der Waals surface area contributed by atoms with Crippen molar-refractivity contribution in [1.29, 1.82) is 0 Å². The molecule has 0 fully saturated rings. The third-order valence-corrected chi connectivity index (χ3v) is 3.91. The molecule has 5 heteroatoms. The van der Waals surface area contributed by atoms with Gasteiger partial charge in [-0.05, 0) is 53.0 Å². The number of aliphatic hydroxyl groups excluding tert-OH is 1. The largest absolute Gasteiger partial charge is 0.388 e. The predicted octanol–water partition coefficient (Wildman–Crippen LogP) is 3.64. The van der Waals surface area contributed by atoms with Crippen molar-refractivity contribution in [2.45, 2.75) is 39.3 Å². The average Bonchev–Trinajstić information content (AvgIpc) is 2.84. The maximum atomic E-state index is 13.2. The van der Waals surface area contributed by atoms with Gasteiger partial charge >= 0.3 is 0 Å². The zero-order valence-corrected chi connectivity index (χ0v) is 13.2. The summed E-state index contributed by atoms with van der Waals surface area (Å²) in [5.41, 5.74) is 2.71. The first-order chi connectivity index (χ1) is 9.55. The van der Waals surface area contributed by atoms with E-state index in [4.69, 9.17) is 0 Å². The number of rotatable bonds is 5. The van der Waals surface area contributed by atoms with Gasteiger partial charge in [-0.3, -0.25) is 4.68 Å². The molecule has 0 spiro atoms. The number of hydrogen-bond donors (Lipinski definition) is 1. The Bertz CT molecular complexity index is 598. The van der Waals surface area contributed by atoms with Gasteiger partial charge in [0.05, 0.1) is 16.3 Å². The van der Waals surface area contributed by atoms with Gasteiger partial charge in [-0.1, -0.05) is 13.0 Å². The highest BCUT2D eigenvalue weighted by molar-refractivity contribution is 9.10. The lowest BCUT2D eigenvalue weighted by Gasteiger charge is -2.12. The smallest absolute Gasteiger partial charge is 0.137 e. The maximum absolute atomic E-state index is 13.2. The number of halogens is 2. The van der Waals surface area contributed by atoms with Crippen LogP contribution in [0.2, 0.25) is 0 Å². The number of benzene rings is 1. The van der Waals surface area contributed by atoms with Gasteiger partial charge in [-0.15, -0.1) is 0 Å². The lowest BCUT2D eigenvalue weighted by molar-refractivity contribution is 0.175. The zero-order valence-electron chi connectivity index (χ0n) is 11.6. The monoisotopic (exact) mass is 340 g/mol. The highest BCUT2D eigenvalue weighted by atomic mass is 79.9. The Labute approximate surface area is 126 Å². The van der Waals surface area contributed by atoms with Crippen molar-refractivity contribution >= 4 is 15.9 Å². The zero-order chi connectivity index (χ0) is 14.7. The molecule has 1 N–H and O–H groups in total. The fourth-order valence-corrected chi connectivity index (χ4v) is 2.56.